The minimum Gasteiger partial charge on any atom is -0.456 e. The Balaban J connectivity index is 1.75. The first-order valence-corrected chi connectivity index (χ1v) is 9.07. The van der Waals surface area contributed by atoms with Gasteiger partial charge < -0.3 is 20.3 Å². The van der Waals surface area contributed by atoms with Crippen LogP contribution in [0.3, 0.4) is 0 Å². The molecule has 0 atom stereocenters. The molecule has 0 bridgehead atoms. The van der Waals surface area contributed by atoms with Crippen LogP contribution in [0.2, 0.25) is 0 Å². The van der Waals surface area contributed by atoms with Crippen LogP contribution in [-0.2, 0) is 14.3 Å². The zero-order valence-corrected chi connectivity index (χ0v) is 15.9. The molecule has 26 heavy (non-hydrogen) atoms. The van der Waals surface area contributed by atoms with E-state index < -0.39 is 5.91 Å². The van der Waals surface area contributed by atoms with E-state index in [1.54, 1.807) is 0 Å². The van der Waals surface area contributed by atoms with Gasteiger partial charge in [0, 0.05) is 45.4 Å². The Morgan fingerprint density at radius 3 is 2.62 bits per heavy atom. The first kappa shape index (κ1) is 19.9. The topological polar surface area (TPSA) is 102 Å². The van der Waals surface area contributed by atoms with Gasteiger partial charge in [-0.3, -0.25) is 9.59 Å². The van der Waals surface area contributed by atoms with Gasteiger partial charge in [-0.05, 0) is 38.5 Å². The minimum absolute atomic E-state index is 0.331. The molecule has 144 valence electrons. The Kier molecular flexibility index (Phi) is 7.17. The van der Waals surface area contributed by atoms with Crippen LogP contribution in [-0.4, -0.2) is 55.6 Å². The highest BCUT2D eigenvalue weighted by Gasteiger charge is 2.22. The molecule has 1 aliphatic heterocycles. The zero-order valence-electron chi connectivity index (χ0n) is 15.9. The van der Waals surface area contributed by atoms with Gasteiger partial charge >= 0.3 is 5.97 Å². The third-order valence-electron chi connectivity index (χ3n) is 4.55. The summed E-state index contributed by atoms with van der Waals surface area (Å²) in [6.07, 6.45) is 4.21. The van der Waals surface area contributed by atoms with E-state index in [4.69, 9.17) is 10.5 Å². The summed E-state index contributed by atoms with van der Waals surface area (Å²) in [5.41, 5.74) is 5.92. The summed E-state index contributed by atoms with van der Waals surface area (Å²) < 4.78 is 4.77. The number of nitrogens with zero attached hydrogens (tertiary/aromatic N) is 4. The van der Waals surface area contributed by atoms with Gasteiger partial charge in [-0.1, -0.05) is 0 Å². The number of nitrogens with two attached hydrogens (primary N) is 1. The number of ether oxygens (including phenoxy) is 1. The quantitative estimate of drug-likeness (QED) is 0.694. The maximum absolute atomic E-state index is 11.5. The lowest BCUT2D eigenvalue weighted by atomic mass is 9.92. The maximum Gasteiger partial charge on any atom is 0.306 e. The first-order valence-electron chi connectivity index (χ1n) is 9.07. The molecule has 0 unspecified atom stereocenters. The second kappa shape index (κ2) is 9.35. The van der Waals surface area contributed by atoms with E-state index in [9.17, 15) is 9.59 Å². The number of amides is 1. The third kappa shape index (κ3) is 6.16. The van der Waals surface area contributed by atoms with E-state index in [0.717, 1.165) is 56.2 Å². The summed E-state index contributed by atoms with van der Waals surface area (Å²) in [4.78, 5) is 35.5. The lowest BCUT2D eigenvalue weighted by Crippen LogP contribution is -2.35. The minimum atomic E-state index is -0.624. The number of rotatable bonds is 8. The zero-order chi connectivity index (χ0) is 19.1. The number of anilines is 2. The van der Waals surface area contributed by atoms with Crippen molar-refractivity contribution in [3.05, 3.63) is 11.8 Å². The predicted molar refractivity (Wildman–Crippen MR) is 100 cm³/mol. The first-order chi connectivity index (χ1) is 12.3. The van der Waals surface area contributed by atoms with Crippen LogP contribution < -0.4 is 15.5 Å². The smallest absolute Gasteiger partial charge is 0.306 e. The SMILES string of the molecule is Cc1cc(N(C)C)nc(N2CCC(CCCC(=O)OCC(N)=O)CC2)n1. The number of carbonyl (C=O) groups excluding carboxylic acids is 2. The average molecular weight is 363 g/mol. The van der Waals surface area contributed by atoms with Crippen molar-refractivity contribution in [2.45, 2.75) is 39.0 Å². The van der Waals surface area contributed by atoms with Crippen molar-refractivity contribution in [2.24, 2.45) is 11.7 Å². The molecule has 1 fully saturated rings. The van der Waals surface area contributed by atoms with Crippen LogP contribution in [0.5, 0.6) is 0 Å². The molecule has 0 radical (unpaired) electrons. The number of piperidine rings is 1. The van der Waals surface area contributed by atoms with Crippen molar-refractivity contribution in [3.63, 3.8) is 0 Å². The predicted octanol–water partition coefficient (Wildman–Crippen LogP) is 1.27. The number of primary amides is 1. The fourth-order valence-electron chi connectivity index (χ4n) is 3.09. The average Bonchev–Trinajstić information content (AvgIpc) is 2.60. The van der Waals surface area contributed by atoms with E-state index in [-0.39, 0.29) is 12.6 Å². The van der Waals surface area contributed by atoms with Crippen LogP contribution in [0, 0.1) is 12.8 Å². The van der Waals surface area contributed by atoms with Gasteiger partial charge in [0.15, 0.2) is 6.61 Å². The van der Waals surface area contributed by atoms with E-state index in [1.807, 2.05) is 32.0 Å². The molecule has 2 rings (SSSR count). The van der Waals surface area contributed by atoms with Gasteiger partial charge in [0.25, 0.3) is 5.91 Å². The van der Waals surface area contributed by atoms with Crippen molar-refractivity contribution in [1.29, 1.82) is 0 Å². The van der Waals surface area contributed by atoms with Gasteiger partial charge in [-0.15, -0.1) is 0 Å². The fourth-order valence-corrected chi connectivity index (χ4v) is 3.09. The van der Waals surface area contributed by atoms with Gasteiger partial charge in [-0.25, -0.2) is 4.98 Å². The monoisotopic (exact) mass is 363 g/mol. The normalized spacial score (nSPS) is 15.0. The second-order valence-corrected chi connectivity index (χ2v) is 7.01. The molecule has 8 nitrogen and oxygen atoms in total. The number of aromatic nitrogens is 2. The summed E-state index contributed by atoms with van der Waals surface area (Å²) in [6, 6.07) is 1.98. The van der Waals surface area contributed by atoms with Crippen LogP contribution in [0.25, 0.3) is 0 Å². The third-order valence-corrected chi connectivity index (χ3v) is 4.55. The van der Waals surface area contributed by atoms with Gasteiger partial charge in [0.05, 0.1) is 0 Å². The number of aryl methyl sites for hydroxylation is 1. The van der Waals surface area contributed by atoms with Crippen molar-refractivity contribution in [1.82, 2.24) is 9.97 Å². The van der Waals surface area contributed by atoms with E-state index in [2.05, 4.69) is 14.9 Å². The number of hydrogen-bond acceptors (Lipinski definition) is 7. The van der Waals surface area contributed by atoms with Gasteiger partial charge in [0.2, 0.25) is 5.95 Å². The van der Waals surface area contributed by atoms with Crippen molar-refractivity contribution in [3.8, 4) is 0 Å². The molecule has 0 spiro atoms. The molecule has 0 aliphatic carbocycles. The highest BCUT2D eigenvalue weighted by Crippen LogP contribution is 2.26. The Labute approximate surface area is 154 Å². The summed E-state index contributed by atoms with van der Waals surface area (Å²) in [5.74, 6) is 1.33. The number of carbonyl (C=O) groups is 2. The molecule has 0 saturated carbocycles. The molecular weight excluding hydrogens is 334 g/mol. The summed E-state index contributed by atoms with van der Waals surface area (Å²) in [6.45, 7) is 3.51. The molecule has 1 aliphatic rings. The summed E-state index contributed by atoms with van der Waals surface area (Å²) in [7, 11) is 3.96. The Morgan fingerprint density at radius 1 is 1.31 bits per heavy atom. The highest BCUT2D eigenvalue weighted by atomic mass is 16.5. The molecule has 1 saturated heterocycles. The molecule has 1 aromatic rings. The van der Waals surface area contributed by atoms with Crippen molar-refractivity contribution in [2.75, 3.05) is 43.6 Å². The Morgan fingerprint density at radius 2 is 2.00 bits per heavy atom. The van der Waals surface area contributed by atoms with Crippen LogP contribution >= 0.6 is 0 Å². The van der Waals surface area contributed by atoms with E-state index >= 15 is 0 Å². The highest BCUT2D eigenvalue weighted by molar-refractivity contribution is 5.78. The van der Waals surface area contributed by atoms with Crippen LogP contribution in [0.4, 0.5) is 11.8 Å². The Bertz CT molecular complexity index is 627. The van der Waals surface area contributed by atoms with Crippen LogP contribution in [0.15, 0.2) is 6.07 Å². The molecule has 2 heterocycles. The lowest BCUT2D eigenvalue weighted by molar-refractivity contribution is -0.147. The van der Waals surface area contributed by atoms with Gasteiger partial charge in [0.1, 0.15) is 5.82 Å². The molecule has 0 aromatic carbocycles. The lowest BCUT2D eigenvalue weighted by Gasteiger charge is -2.32. The largest absolute Gasteiger partial charge is 0.456 e. The van der Waals surface area contributed by atoms with Crippen LogP contribution in [0.1, 0.15) is 37.8 Å². The van der Waals surface area contributed by atoms with Crippen molar-refractivity contribution < 1.29 is 14.3 Å². The van der Waals surface area contributed by atoms with E-state index in [1.165, 1.54) is 0 Å². The summed E-state index contributed by atoms with van der Waals surface area (Å²) in [5, 5.41) is 0. The molecule has 2 N–H and O–H groups in total. The van der Waals surface area contributed by atoms with Crippen molar-refractivity contribution >= 4 is 23.6 Å². The molecule has 1 aromatic heterocycles. The summed E-state index contributed by atoms with van der Waals surface area (Å²) >= 11 is 0. The molecular formula is C18H29N5O3. The molecule has 1 amide bonds. The van der Waals surface area contributed by atoms with Gasteiger partial charge in [-0.2, -0.15) is 4.98 Å². The van der Waals surface area contributed by atoms with E-state index in [0.29, 0.717) is 12.3 Å². The Hall–Kier alpha value is -2.38. The second-order valence-electron chi connectivity index (χ2n) is 7.01. The molecule has 8 heteroatoms. The standard InChI is InChI=1S/C18H29N5O3/c1-13-11-16(22(2)3)21-18(20-13)23-9-7-14(8-10-23)5-4-6-17(25)26-12-15(19)24/h11,14H,4-10,12H2,1-3H3,(H2,19,24). The maximum atomic E-state index is 11.5. The fraction of sp³-hybridized carbons (Fsp3) is 0.667. The number of esters is 1. The number of hydrogen-bond donors (Lipinski definition) is 1.